The highest BCUT2D eigenvalue weighted by Crippen LogP contribution is 2.30. The van der Waals surface area contributed by atoms with Crippen LogP contribution in [0.4, 0.5) is 0 Å². The smallest absolute Gasteiger partial charge is 0.339 e. The zero-order valence-electron chi connectivity index (χ0n) is 17.1. The maximum atomic E-state index is 12.5. The first kappa shape index (κ1) is 22.5. The van der Waals surface area contributed by atoms with Crippen molar-refractivity contribution in [3.8, 4) is 17.6 Å². The molecule has 162 valence electrons. The Morgan fingerprint density at radius 3 is 2.44 bits per heavy atom. The summed E-state index contributed by atoms with van der Waals surface area (Å²) in [5, 5.41) is 12.7. The molecule has 8 nitrogen and oxygen atoms in total. The first-order valence-electron chi connectivity index (χ1n) is 9.53. The fraction of sp³-hybridized carbons (Fsp3) is 0.0870. The number of nitrogens with one attached hydrogen (secondary N) is 1. The summed E-state index contributed by atoms with van der Waals surface area (Å²) in [6, 6.07) is 20.5. The molecular formula is C23H19N3O5S. The molecule has 0 bridgehead atoms. The zero-order chi connectivity index (χ0) is 23.0. The molecule has 0 unspecified atom stereocenters. The van der Waals surface area contributed by atoms with Crippen molar-refractivity contribution >= 4 is 22.2 Å². The quantitative estimate of drug-likeness (QED) is 0.320. The SMILES string of the molecule is CCOc1cc(/C=N\NC(=O)c2ccc(C#N)cc2)ccc1OS(=O)(=O)c1ccccc1. The second kappa shape index (κ2) is 10.2. The van der Waals surface area contributed by atoms with E-state index in [1.807, 2.05) is 6.07 Å². The second-order valence-electron chi connectivity index (χ2n) is 6.38. The van der Waals surface area contributed by atoms with Crippen LogP contribution < -0.4 is 14.3 Å². The van der Waals surface area contributed by atoms with Crippen LogP contribution in [0.25, 0.3) is 0 Å². The first-order valence-corrected chi connectivity index (χ1v) is 10.9. The Labute approximate surface area is 185 Å². The Hall–Kier alpha value is -4.16. The van der Waals surface area contributed by atoms with Crippen LogP contribution in [-0.2, 0) is 10.1 Å². The number of rotatable bonds is 8. The van der Waals surface area contributed by atoms with Crippen LogP contribution in [0.5, 0.6) is 11.5 Å². The third kappa shape index (κ3) is 5.71. The lowest BCUT2D eigenvalue weighted by Crippen LogP contribution is -2.17. The lowest BCUT2D eigenvalue weighted by molar-refractivity contribution is 0.0955. The molecule has 0 fully saturated rings. The molecular weight excluding hydrogens is 430 g/mol. The van der Waals surface area contributed by atoms with Gasteiger partial charge >= 0.3 is 10.1 Å². The predicted molar refractivity (Wildman–Crippen MR) is 118 cm³/mol. The van der Waals surface area contributed by atoms with E-state index in [4.69, 9.17) is 14.2 Å². The lowest BCUT2D eigenvalue weighted by Gasteiger charge is -2.12. The largest absolute Gasteiger partial charge is 0.490 e. The highest BCUT2D eigenvalue weighted by Gasteiger charge is 2.19. The third-order valence-electron chi connectivity index (χ3n) is 4.15. The average Bonchev–Trinajstić information content (AvgIpc) is 2.81. The number of carbonyl (C=O) groups is 1. The highest BCUT2D eigenvalue weighted by molar-refractivity contribution is 7.87. The molecule has 0 aromatic heterocycles. The Morgan fingerprint density at radius 1 is 1.06 bits per heavy atom. The van der Waals surface area contributed by atoms with Crippen LogP contribution in [0.1, 0.15) is 28.4 Å². The zero-order valence-corrected chi connectivity index (χ0v) is 17.9. The lowest BCUT2D eigenvalue weighted by atomic mass is 10.1. The fourth-order valence-electron chi connectivity index (χ4n) is 2.62. The van der Waals surface area contributed by atoms with E-state index < -0.39 is 16.0 Å². The minimum absolute atomic E-state index is 0.0265. The van der Waals surface area contributed by atoms with Crippen molar-refractivity contribution in [2.24, 2.45) is 5.10 Å². The van der Waals surface area contributed by atoms with E-state index in [2.05, 4.69) is 10.5 Å². The van der Waals surface area contributed by atoms with Crippen LogP contribution in [-0.4, -0.2) is 27.1 Å². The van der Waals surface area contributed by atoms with Gasteiger partial charge in [-0.3, -0.25) is 4.79 Å². The predicted octanol–water partition coefficient (Wildman–Crippen LogP) is 3.49. The Morgan fingerprint density at radius 2 is 1.78 bits per heavy atom. The minimum Gasteiger partial charge on any atom is -0.490 e. The Kier molecular flexibility index (Phi) is 7.21. The summed E-state index contributed by atoms with van der Waals surface area (Å²) in [6.07, 6.45) is 1.39. The molecule has 3 aromatic rings. The van der Waals surface area contributed by atoms with E-state index >= 15 is 0 Å². The van der Waals surface area contributed by atoms with Crippen LogP contribution >= 0.6 is 0 Å². The Balaban J connectivity index is 1.73. The molecule has 1 amide bonds. The number of hydrogen-bond donors (Lipinski definition) is 1. The van der Waals surface area contributed by atoms with Crippen molar-refractivity contribution in [3.63, 3.8) is 0 Å². The normalized spacial score (nSPS) is 11.0. The maximum absolute atomic E-state index is 12.5. The molecule has 9 heteroatoms. The van der Waals surface area contributed by atoms with Crippen molar-refractivity contribution in [1.29, 1.82) is 5.26 Å². The summed E-state index contributed by atoms with van der Waals surface area (Å²) in [4.78, 5) is 12.2. The number of hydrogen-bond acceptors (Lipinski definition) is 7. The van der Waals surface area contributed by atoms with Gasteiger partial charge in [-0.15, -0.1) is 0 Å². The molecule has 0 spiro atoms. The van der Waals surface area contributed by atoms with Crippen LogP contribution in [0.3, 0.4) is 0 Å². The molecule has 0 heterocycles. The highest BCUT2D eigenvalue weighted by atomic mass is 32.2. The second-order valence-corrected chi connectivity index (χ2v) is 7.92. The number of benzene rings is 3. The topological polar surface area (TPSA) is 118 Å². The van der Waals surface area contributed by atoms with E-state index in [0.717, 1.165) is 0 Å². The van der Waals surface area contributed by atoms with Crippen molar-refractivity contribution in [3.05, 3.63) is 89.5 Å². The number of carbonyl (C=O) groups excluding carboxylic acids is 1. The van der Waals surface area contributed by atoms with Gasteiger partial charge in [-0.2, -0.15) is 18.8 Å². The monoisotopic (exact) mass is 449 g/mol. The molecule has 0 saturated heterocycles. The van der Waals surface area contributed by atoms with Crippen molar-refractivity contribution in [2.75, 3.05) is 6.61 Å². The average molecular weight is 449 g/mol. The first-order chi connectivity index (χ1) is 15.4. The van der Waals surface area contributed by atoms with Crippen LogP contribution in [0, 0.1) is 11.3 Å². The van der Waals surface area contributed by atoms with E-state index in [1.54, 1.807) is 37.3 Å². The number of nitriles is 1. The number of hydrazone groups is 1. The van der Waals surface area contributed by atoms with Gasteiger partial charge in [-0.25, -0.2) is 5.43 Å². The van der Waals surface area contributed by atoms with E-state index in [-0.39, 0.29) is 23.0 Å². The fourth-order valence-corrected chi connectivity index (χ4v) is 3.58. The third-order valence-corrected chi connectivity index (χ3v) is 5.40. The van der Waals surface area contributed by atoms with Gasteiger partial charge in [0.25, 0.3) is 5.91 Å². The molecule has 0 atom stereocenters. The standard InChI is InChI=1S/C23H19N3O5S/c1-2-30-22-14-18(16-25-26-23(27)19-11-8-17(15-24)9-12-19)10-13-21(22)31-32(28,29)20-6-4-3-5-7-20/h3-14,16H,2H2,1H3,(H,26,27)/b25-16-. The van der Waals surface area contributed by atoms with Gasteiger partial charge < -0.3 is 8.92 Å². The van der Waals surface area contributed by atoms with E-state index in [0.29, 0.717) is 16.7 Å². The summed E-state index contributed by atoms with van der Waals surface area (Å²) >= 11 is 0. The molecule has 0 aliphatic heterocycles. The summed E-state index contributed by atoms with van der Waals surface area (Å²) in [5.74, 6) is -0.187. The molecule has 1 N–H and O–H groups in total. The van der Waals surface area contributed by atoms with Crippen molar-refractivity contribution in [2.45, 2.75) is 11.8 Å². The molecule has 0 radical (unpaired) electrons. The number of nitrogens with zero attached hydrogens (tertiary/aromatic N) is 2. The van der Waals surface area contributed by atoms with Gasteiger partial charge in [0.2, 0.25) is 0 Å². The summed E-state index contributed by atoms with van der Waals surface area (Å²) in [6.45, 7) is 2.05. The number of amides is 1. The molecule has 0 saturated carbocycles. The van der Waals surface area contributed by atoms with E-state index in [9.17, 15) is 13.2 Å². The Bertz CT molecular complexity index is 1270. The van der Waals surface area contributed by atoms with E-state index in [1.165, 1.54) is 48.7 Å². The molecule has 0 aliphatic rings. The van der Waals surface area contributed by atoms with Crippen molar-refractivity contribution < 1.29 is 22.1 Å². The molecule has 32 heavy (non-hydrogen) atoms. The van der Waals surface area contributed by atoms with Gasteiger partial charge in [-0.05, 0) is 67.1 Å². The van der Waals surface area contributed by atoms with Crippen LogP contribution in [0.15, 0.2) is 82.8 Å². The molecule has 3 aromatic carbocycles. The van der Waals surface area contributed by atoms with Crippen LogP contribution in [0.2, 0.25) is 0 Å². The summed E-state index contributed by atoms with van der Waals surface area (Å²) in [5.41, 5.74) is 3.75. The van der Waals surface area contributed by atoms with Gasteiger partial charge in [0.1, 0.15) is 4.90 Å². The van der Waals surface area contributed by atoms with Gasteiger partial charge in [-0.1, -0.05) is 18.2 Å². The molecule has 0 aliphatic carbocycles. The van der Waals surface area contributed by atoms with Gasteiger partial charge in [0.15, 0.2) is 11.5 Å². The number of ether oxygens (including phenoxy) is 1. The minimum atomic E-state index is -4.02. The van der Waals surface area contributed by atoms with Gasteiger partial charge in [0.05, 0.1) is 24.5 Å². The summed E-state index contributed by atoms with van der Waals surface area (Å²) < 4.78 is 35.8. The van der Waals surface area contributed by atoms with Crippen molar-refractivity contribution in [1.82, 2.24) is 5.43 Å². The summed E-state index contributed by atoms with van der Waals surface area (Å²) in [7, 11) is -4.02. The molecule has 3 rings (SSSR count). The van der Waals surface area contributed by atoms with Gasteiger partial charge in [0, 0.05) is 5.56 Å². The maximum Gasteiger partial charge on any atom is 0.339 e.